The number of methoxy groups -OCH3 is 1. The zero-order chi connectivity index (χ0) is 16.3. The van der Waals surface area contributed by atoms with Gasteiger partial charge in [-0.25, -0.2) is 4.98 Å². The third-order valence-electron chi connectivity index (χ3n) is 3.19. The minimum absolute atomic E-state index is 0.0118. The van der Waals surface area contributed by atoms with E-state index in [1.165, 1.54) is 0 Å². The van der Waals surface area contributed by atoms with Gasteiger partial charge in [-0.05, 0) is 18.6 Å². The highest BCUT2D eigenvalue weighted by molar-refractivity contribution is 7.09. The first kappa shape index (κ1) is 17.5. The molecular formula is C16H22N4O2S. The Bertz CT molecular complexity index is 589. The highest BCUT2D eigenvalue weighted by Crippen LogP contribution is 2.21. The normalized spacial score (nSPS) is 10.7. The van der Waals surface area contributed by atoms with Crippen molar-refractivity contribution in [1.29, 1.82) is 0 Å². The maximum atomic E-state index is 11.6. The molecule has 0 radical (unpaired) electrons. The molecule has 0 aliphatic heterocycles. The van der Waals surface area contributed by atoms with Crippen LogP contribution in [0.5, 0.6) is 0 Å². The van der Waals surface area contributed by atoms with E-state index in [0.29, 0.717) is 26.2 Å². The highest BCUT2D eigenvalue weighted by atomic mass is 32.1. The molecule has 23 heavy (non-hydrogen) atoms. The molecule has 0 atom stereocenters. The van der Waals surface area contributed by atoms with Crippen LogP contribution in [0.3, 0.4) is 0 Å². The van der Waals surface area contributed by atoms with E-state index in [4.69, 9.17) is 4.74 Å². The lowest BCUT2D eigenvalue weighted by Gasteiger charge is -2.05. The van der Waals surface area contributed by atoms with Gasteiger partial charge in [-0.3, -0.25) is 9.78 Å². The summed E-state index contributed by atoms with van der Waals surface area (Å²) in [4.78, 5) is 20.2. The largest absolute Gasteiger partial charge is 0.383 e. The zero-order valence-corrected chi connectivity index (χ0v) is 14.1. The molecule has 1 amide bonds. The number of hydrogen-bond donors (Lipinski definition) is 2. The Labute approximate surface area is 140 Å². The van der Waals surface area contributed by atoms with Crippen LogP contribution in [0.4, 0.5) is 0 Å². The summed E-state index contributed by atoms with van der Waals surface area (Å²) < 4.78 is 4.90. The Morgan fingerprint density at radius 1 is 1.30 bits per heavy atom. The average molecular weight is 334 g/mol. The summed E-state index contributed by atoms with van der Waals surface area (Å²) in [5, 5.41) is 9.05. The molecule has 0 saturated carbocycles. The summed E-state index contributed by atoms with van der Waals surface area (Å²) in [7, 11) is 1.64. The fraction of sp³-hybridized carbons (Fsp3) is 0.438. The molecule has 0 aliphatic rings. The molecule has 124 valence electrons. The molecule has 0 saturated heterocycles. The molecule has 0 aliphatic carbocycles. The first-order valence-corrected chi connectivity index (χ1v) is 8.48. The number of thiazole rings is 1. The van der Waals surface area contributed by atoms with Crippen LogP contribution in [-0.4, -0.2) is 49.2 Å². The molecule has 2 aromatic rings. The SMILES string of the molecule is COCCNCC(=O)NCCCc1nc(-c2ccncc2)cs1. The third-order valence-corrected chi connectivity index (χ3v) is 4.09. The van der Waals surface area contributed by atoms with E-state index in [1.807, 2.05) is 12.1 Å². The summed E-state index contributed by atoms with van der Waals surface area (Å²) in [5.41, 5.74) is 2.07. The predicted octanol–water partition coefficient (Wildman–Crippen LogP) is 1.49. The number of hydrogen-bond acceptors (Lipinski definition) is 6. The van der Waals surface area contributed by atoms with Gasteiger partial charge < -0.3 is 15.4 Å². The monoisotopic (exact) mass is 334 g/mol. The fourth-order valence-electron chi connectivity index (χ4n) is 1.99. The second-order valence-corrected chi connectivity index (χ2v) is 5.93. The van der Waals surface area contributed by atoms with Gasteiger partial charge in [0.05, 0.1) is 23.9 Å². The number of nitrogens with one attached hydrogen (secondary N) is 2. The van der Waals surface area contributed by atoms with Crippen LogP contribution >= 0.6 is 11.3 Å². The Morgan fingerprint density at radius 3 is 2.91 bits per heavy atom. The van der Waals surface area contributed by atoms with Gasteiger partial charge in [0.15, 0.2) is 0 Å². The van der Waals surface area contributed by atoms with Gasteiger partial charge in [0.2, 0.25) is 5.91 Å². The van der Waals surface area contributed by atoms with Gasteiger partial charge in [-0.1, -0.05) is 0 Å². The quantitative estimate of drug-likeness (QED) is 0.644. The number of aromatic nitrogens is 2. The lowest BCUT2D eigenvalue weighted by Crippen LogP contribution is -2.35. The molecule has 2 heterocycles. The van der Waals surface area contributed by atoms with Crippen molar-refractivity contribution in [2.45, 2.75) is 12.8 Å². The Kier molecular flexibility index (Phi) is 7.65. The van der Waals surface area contributed by atoms with E-state index in [1.54, 1.807) is 30.8 Å². The maximum absolute atomic E-state index is 11.6. The smallest absolute Gasteiger partial charge is 0.233 e. The van der Waals surface area contributed by atoms with Gasteiger partial charge in [0, 0.05) is 50.0 Å². The molecular weight excluding hydrogens is 312 g/mol. The van der Waals surface area contributed by atoms with Crippen molar-refractivity contribution < 1.29 is 9.53 Å². The number of aryl methyl sites for hydroxylation is 1. The standard InChI is InChI=1S/C16H22N4O2S/c1-22-10-9-18-11-15(21)19-6-2-3-16-20-14(12-23-16)13-4-7-17-8-5-13/h4-5,7-8,12,18H,2-3,6,9-11H2,1H3,(H,19,21). The van der Waals surface area contributed by atoms with Crippen LogP contribution in [0.15, 0.2) is 29.9 Å². The number of pyridine rings is 1. The number of ether oxygens (including phenoxy) is 1. The Hall–Kier alpha value is -1.83. The Balaban J connectivity index is 1.63. The van der Waals surface area contributed by atoms with E-state index < -0.39 is 0 Å². The molecule has 7 heteroatoms. The van der Waals surface area contributed by atoms with Crippen molar-refractivity contribution in [3.8, 4) is 11.3 Å². The van der Waals surface area contributed by atoms with Crippen molar-refractivity contribution in [3.05, 3.63) is 34.9 Å². The maximum Gasteiger partial charge on any atom is 0.233 e. The highest BCUT2D eigenvalue weighted by Gasteiger charge is 2.05. The van der Waals surface area contributed by atoms with Crippen molar-refractivity contribution in [1.82, 2.24) is 20.6 Å². The van der Waals surface area contributed by atoms with E-state index >= 15 is 0 Å². The minimum atomic E-state index is 0.0118. The van der Waals surface area contributed by atoms with Crippen LogP contribution in [0.1, 0.15) is 11.4 Å². The Morgan fingerprint density at radius 2 is 2.13 bits per heavy atom. The predicted molar refractivity (Wildman–Crippen MR) is 91.4 cm³/mol. The van der Waals surface area contributed by atoms with Gasteiger partial charge in [-0.15, -0.1) is 11.3 Å². The summed E-state index contributed by atoms with van der Waals surface area (Å²) in [6.45, 7) is 2.28. The summed E-state index contributed by atoms with van der Waals surface area (Å²) in [6, 6.07) is 3.91. The lowest BCUT2D eigenvalue weighted by atomic mass is 10.2. The summed E-state index contributed by atoms with van der Waals surface area (Å²) >= 11 is 1.65. The first-order chi connectivity index (χ1) is 11.3. The molecule has 0 unspecified atom stereocenters. The van der Waals surface area contributed by atoms with Crippen molar-refractivity contribution >= 4 is 17.2 Å². The molecule has 2 rings (SSSR count). The second kappa shape index (κ2) is 10.0. The number of carbonyl (C=O) groups is 1. The van der Waals surface area contributed by atoms with Crippen LogP contribution < -0.4 is 10.6 Å². The summed E-state index contributed by atoms with van der Waals surface area (Å²) in [6.07, 6.45) is 5.29. The number of carbonyl (C=O) groups excluding carboxylic acids is 1. The van der Waals surface area contributed by atoms with Crippen LogP contribution in [0.2, 0.25) is 0 Å². The number of amides is 1. The van der Waals surface area contributed by atoms with Gasteiger partial charge >= 0.3 is 0 Å². The molecule has 2 N–H and O–H groups in total. The van der Waals surface area contributed by atoms with Gasteiger partial charge in [0.1, 0.15) is 0 Å². The molecule has 0 fully saturated rings. The number of rotatable bonds is 10. The molecule has 0 aromatic carbocycles. The van der Waals surface area contributed by atoms with Gasteiger partial charge in [0.25, 0.3) is 0 Å². The van der Waals surface area contributed by atoms with E-state index in [-0.39, 0.29) is 5.91 Å². The van der Waals surface area contributed by atoms with Crippen molar-refractivity contribution in [2.24, 2.45) is 0 Å². The summed E-state index contributed by atoms with van der Waals surface area (Å²) in [5.74, 6) is 0.0118. The molecule has 0 bridgehead atoms. The van der Waals surface area contributed by atoms with Crippen molar-refractivity contribution in [2.75, 3.05) is 33.4 Å². The topological polar surface area (TPSA) is 76.1 Å². The molecule has 6 nitrogen and oxygen atoms in total. The van der Waals surface area contributed by atoms with E-state index in [9.17, 15) is 4.79 Å². The van der Waals surface area contributed by atoms with Crippen LogP contribution in [0.25, 0.3) is 11.3 Å². The van der Waals surface area contributed by atoms with E-state index in [0.717, 1.165) is 29.1 Å². The lowest BCUT2D eigenvalue weighted by molar-refractivity contribution is -0.120. The number of nitrogens with zero attached hydrogens (tertiary/aromatic N) is 2. The molecule has 2 aromatic heterocycles. The average Bonchev–Trinajstić information content (AvgIpc) is 3.05. The van der Waals surface area contributed by atoms with Gasteiger partial charge in [-0.2, -0.15) is 0 Å². The van der Waals surface area contributed by atoms with E-state index in [2.05, 4.69) is 26.0 Å². The molecule has 0 spiro atoms. The first-order valence-electron chi connectivity index (χ1n) is 7.60. The second-order valence-electron chi connectivity index (χ2n) is 4.99. The van der Waals surface area contributed by atoms with Crippen LogP contribution in [-0.2, 0) is 16.0 Å². The minimum Gasteiger partial charge on any atom is -0.383 e. The van der Waals surface area contributed by atoms with Crippen molar-refractivity contribution in [3.63, 3.8) is 0 Å². The zero-order valence-electron chi connectivity index (χ0n) is 13.2. The van der Waals surface area contributed by atoms with Crippen LogP contribution in [0, 0.1) is 0 Å². The third kappa shape index (κ3) is 6.43. The fourth-order valence-corrected chi connectivity index (χ4v) is 2.84.